The maximum Gasteiger partial charge on any atom is 0.129 e. The summed E-state index contributed by atoms with van der Waals surface area (Å²) in [7, 11) is 0. The minimum atomic E-state index is -0.447. The van der Waals surface area contributed by atoms with Crippen LogP contribution in [0.25, 0.3) is 0 Å². The summed E-state index contributed by atoms with van der Waals surface area (Å²) in [5.74, 6) is 0.935. The van der Waals surface area contributed by atoms with Gasteiger partial charge in [0.2, 0.25) is 0 Å². The number of pyridine rings is 1. The third-order valence-electron chi connectivity index (χ3n) is 3.42. The molecule has 1 aromatic carbocycles. The Morgan fingerprint density at radius 2 is 1.83 bits per heavy atom. The van der Waals surface area contributed by atoms with Gasteiger partial charge in [0.05, 0.1) is 6.10 Å². The van der Waals surface area contributed by atoms with E-state index in [1.54, 1.807) is 13.1 Å². The van der Waals surface area contributed by atoms with Crippen molar-refractivity contribution >= 4 is 5.82 Å². The molecular weight excluding hydrogens is 224 g/mol. The lowest BCUT2D eigenvalue weighted by atomic mass is 10.1. The molecule has 3 rings (SSSR count). The van der Waals surface area contributed by atoms with Gasteiger partial charge in [-0.25, -0.2) is 4.98 Å². The lowest BCUT2D eigenvalue weighted by Gasteiger charge is -2.17. The Bertz CT molecular complexity index is 541. The first-order chi connectivity index (χ1) is 8.74. The Morgan fingerprint density at radius 1 is 1.17 bits per heavy atom. The van der Waals surface area contributed by atoms with Crippen LogP contribution in [-0.4, -0.2) is 10.1 Å². The van der Waals surface area contributed by atoms with Gasteiger partial charge in [0.1, 0.15) is 5.82 Å². The van der Waals surface area contributed by atoms with Crippen molar-refractivity contribution in [3.63, 3.8) is 0 Å². The first-order valence-corrected chi connectivity index (χ1v) is 6.20. The molecule has 92 valence electrons. The molecule has 2 aromatic rings. The highest BCUT2D eigenvalue weighted by molar-refractivity contribution is 5.48. The third-order valence-corrected chi connectivity index (χ3v) is 3.42. The Balaban J connectivity index is 1.88. The molecule has 3 nitrogen and oxygen atoms in total. The van der Waals surface area contributed by atoms with E-state index < -0.39 is 6.10 Å². The average molecular weight is 240 g/mol. The van der Waals surface area contributed by atoms with Gasteiger partial charge >= 0.3 is 0 Å². The fourth-order valence-electron chi connectivity index (χ4n) is 2.36. The van der Waals surface area contributed by atoms with Gasteiger partial charge in [-0.1, -0.05) is 24.3 Å². The number of aliphatic hydroxyl groups is 1. The fraction of sp³-hybridized carbons (Fsp3) is 0.267. The second-order valence-electron chi connectivity index (χ2n) is 4.75. The molecule has 1 aromatic heterocycles. The number of nitrogens with zero attached hydrogens (tertiary/aromatic N) is 2. The molecule has 0 radical (unpaired) electrons. The Labute approximate surface area is 107 Å². The topological polar surface area (TPSA) is 36.4 Å². The van der Waals surface area contributed by atoms with Crippen LogP contribution in [0.5, 0.6) is 0 Å². The van der Waals surface area contributed by atoms with Crippen LogP contribution in [0.2, 0.25) is 0 Å². The highest BCUT2D eigenvalue weighted by Crippen LogP contribution is 2.27. The lowest BCUT2D eigenvalue weighted by molar-refractivity contribution is 0.199. The number of hydrogen-bond acceptors (Lipinski definition) is 3. The summed E-state index contributed by atoms with van der Waals surface area (Å²) in [5, 5.41) is 9.62. The highest BCUT2D eigenvalue weighted by atomic mass is 16.3. The van der Waals surface area contributed by atoms with Crippen LogP contribution < -0.4 is 4.90 Å². The number of benzene rings is 1. The molecule has 0 spiro atoms. The molecule has 18 heavy (non-hydrogen) atoms. The smallest absolute Gasteiger partial charge is 0.129 e. The van der Waals surface area contributed by atoms with Gasteiger partial charge in [-0.15, -0.1) is 0 Å². The van der Waals surface area contributed by atoms with E-state index in [0.29, 0.717) is 0 Å². The van der Waals surface area contributed by atoms with Gasteiger partial charge < -0.3 is 10.0 Å². The highest BCUT2D eigenvalue weighted by Gasteiger charge is 2.19. The van der Waals surface area contributed by atoms with E-state index in [4.69, 9.17) is 0 Å². The minimum Gasteiger partial charge on any atom is -0.389 e. The molecule has 3 heteroatoms. The van der Waals surface area contributed by atoms with Crippen molar-refractivity contribution in [3.05, 3.63) is 59.3 Å². The fourth-order valence-corrected chi connectivity index (χ4v) is 2.36. The quantitative estimate of drug-likeness (QED) is 0.876. The standard InChI is InChI=1S/C15H16N2O/c1-11(18)12-6-7-16-15(8-12)17-9-13-4-2-3-5-14(13)10-17/h2-8,11,18H,9-10H2,1H3/t11-/m1/s1. The van der Waals surface area contributed by atoms with Gasteiger partial charge in [0.15, 0.2) is 0 Å². The zero-order valence-electron chi connectivity index (χ0n) is 10.4. The zero-order chi connectivity index (χ0) is 12.5. The number of aromatic nitrogens is 1. The summed E-state index contributed by atoms with van der Waals surface area (Å²) in [6, 6.07) is 12.3. The normalized spacial score (nSPS) is 15.6. The van der Waals surface area contributed by atoms with E-state index in [1.165, 1.54) is 11.1 Å². The number of hydrogen-bond donors (Lipinski definition) is 1. The molecular formula is C15H16N2O. The number of rotatable bonds is 2. The molecule has 0 aliphatic carbocycles. The number of fused-ring (bicyclic) bond motifs is 1. The monoisotopic (exact) mass is 240 g/mol. The summed E-state index contributed by atoms with van der Waals surface area (Å²) in [5.41, 5.74) is 3.64. The van der Waals surface area contributed by atoms with Crippen LogP contribution in [0.15, 0.2) is 42.6 Å². The molecule has 0 amide bonds. The van der Waals surface area contributed by atoms with E-state index in [9.17, 15) is 5.11 Å². The van der Waals surface area contributed by atoms with E-state index >= 15 is 0 Å². The summed E-state index contributed by atoms with van der Waals surface area (Å²) >= 11 is 0. The van der Waals surface area contributed by atoms with E-state index in [-0.39, 0.29) is 0 Å². The molecule has 1 N–H and O–H groups in total. The van der Waals surface area contributed by atoms with Crippen molar-refractivity contribution < 1.29 is 5.11 Å². The molecule has 1 aliphatic heterocycles. The predicted molar refractivity (Wildman–Crippen MR) is 71.2 cm³/mol. The maximum atomic E-state index is 9.62. The van der Waals surface area contributed by atoms with Crippen molar-refractivity contribution in [3.8, 4) is 0 Å². The van der Waals surface area contributed by atoms with Crippen molar-refractivity contribution in [1.82, 2.24) is 4.98 Å². The second kappa shape index (κ2) is 4.42. The molecule has 0 saturated heterocycles. The molecule has 0 bridgehead atoms. The summed E-state index contributed by atoms with van der Waals surface area (Å²) < 4.78 is 0. The molecule has 0 unspecified atom stereocenters. The molecule has 1 atom stereocenters. The van der Waals surface area contributed by atoms with Gasteiger partial charge in [0, 0.05) is 19.3 Å². The van der Waals surface area contributed by atoms with Gasteiger partial charge in [-0.3, -0.25) is 0 Å². The van der Waals surface area contributed by atoms with Gasteiger partial charge in [0.25, 0.3) is 0 Å². The SMILES string of the molecule is C[C@@H](O)c1ccnc(N2Cc3ccccc3C2)c1. The number of anilines is 1. The van der Waals surface area contributed by atoms with Crippen molar-refractivity contribution in [2.45, 2.75) is 26.1 Å². The first kappa shape index (κ1) is 11.2. The summed E-state index contributed by atoms with van der Waals surface area (Å²) in [6.07, 6.45) is 1.32. The van der Waals surface area contributed by atoms with E-state index in [1.807, 2.05) is 12.1 Å². The first-order valence-electron chi connectivity index (χ1n) is 6.20. The van der Waals surface area contributed by atoms with Crippen LogP contribution in [0.4, 0.5) is 5.82 Å². The summed E-state index contributed by atoms with van der Waals surface area (Å²) in [6.45, 7) is 3.57. The van der Waals surface area contributed by atoms with E-state index in [0.717, 1.165) is 24.5 Å². The number of aliphatic hydroxyl groups excluding tert-OH is 1. The average Bonchev–Trinajstić information content (AvgIpc) is 2.82. The predicted octanol–water partition coefficient (Wildman–Crippen LogP) is 2.66. The molecule has 0 saturated carbocycles. The van der Waals surface area contributed by atoms with Gasteiger partial charge in [-0.05, 0) is 35.7 Å². The van der Waals surface area contributed by atoms with Crippen molar-refractivity contribution in [1.29, 1.82) is 0 Å². The molecule has 2 heterocycles. The minimum absolute atomic E-state index is 0.447. The van der Waals surface area contributed by atoms with Crippen LogP contribution in [0.1, 0.15) is 29.7 Å². The van der Waals surface area contributed by atoms with Crippen molar-refractivity contribution in [2.24, 2.45) is 0 Å². The van der Waals surface area contributed by atoms with Crippen molar-refractivity contribution in [2.75, 3.05) is 4.90 Å². The second-order valence-corrected chi connectivity index (χ2v) is 4.75. The van der Waals surface area contributed by atoms with E-state index in [2.05, 4.69) is 34.1 Å². The Morgan fingerprint density at radius 3 is 2.44 bits per heavy atom. The van der Waals surface area contributed by atoms with Crippen LogP contribution in [-0.2, 0) is 13.1 Å². The van der Waals surface area contributed by atoms with Crippen LogP contribution >= 0.6 is 0 Å². The third kappa shape index (κ3) is 1.97. The van der Waals surface area contributed by atoms with Crippen LogP contribution in [0.3, 0.4) is 0 Å². The van der Waals surface area contributed by atoms with Crippen LogP contribution in [0, 0.1) is 0 Å². The molecule has 1 aliphatic rings. The summed E-state index contributed by atoms with van der Waals surface area (Å²) in [4.78, 5) is 6.63. The largest absolute Gasteiger partial charge is 0.389 e. The zero-order valence-corrected chi connectivity index (χ0v) is 10.4. The molecule has 0 fully saturated rings. The lowest BCUT2D eigenvalue weighted by Crippen LogP contribution is -2.16. The maximum absolute atomic E-state index is 9.62. The Kier molecular flexibility index (Phi) is 2.76. The Hall–Kier alpha value is -1.87. The van der Waals surface area contributed by atoms with Gasteiger partial charge in [-0.2, -0.15) is 0 Å².